The Kier molecular flexibility index (Phi) is 6.46. The average molecular weight is 374 g/mol. The Balaban J connectivity index is 2.10. The number of hydrogen-bond acceptors (Lipinski definition) is 3. The predicted octanol–water partition coefficient (Wildman–Crippen LogP) is 5.57. The number of carbonyl (C=O) groups is 1. The molecule has 0 aliphatic rings. The molecular formula is C19H17Cl2N3O. The molecule has 0 aliphatic heterocycles. The van der Waals surface area contributed by atoms with Gasteiger partial charge in [-0.25, -0.2) is 0 Å². The molecule has 128 valence electrons. The van der Waals surface area contributed by atoms with Gasteiger partial charge in [-0.3, -0.25) is 4.79 Å². The molecule has 2 N–H and O–H groups in total. The highest BCUT2D eigenvalue weighted by Gasteiger charge is 2.12. The zero-order valence-corrected chi connectivity index (χ0v) is 15.3. The molecule has 0 radical (unpaired) electrons. The largest absolute Gasteiger partial charge is 0.360 e. The van der Waals surface area contributed by atoms with Crippen LogP contribution < -0.4 is 10.6 Å². The van der Waals surface area contributed by atoms with Crippen LogP contribution in [-0.2, 0) is 4.79 Å². The minimum Gasteiger partial charge on any atom is -0.360 e. The van der Waals surface area contributed by atoms with E-state index in [-0.39, 0.29) is 10.6 Å². The van der Waals surface area contributed by atoms with E-state index in [0.717, 1.165) is 5.69 Å². The van der Waals surface area contributed by atoms with Crippen molar-refractivity contribution in [3.8, 4) is 6.07 Å². The first-order valence-corrected chi connectivity index (χ1v) is 8.40. The molecule has 0 unspecified atom stereocenters. The van der Waals surface area contributed by atoms with Gasteiger partial charge in [0.15, 0.2) is 0 Å². The van der Waals surface area contributed by atoms with Crippen LogP contribution in [0.2, 0.25) is 10.0 Å². The summed E-state index contributed by atoms with van der Waals surface area (Å²) in [5.74, 6) is -0.134. The standard InChI is InChI=1S/C19H17Cl2N3O/c1-12(2)13-6-8-15(9-7-13)23-11-14(10-22)19(25)24-17-5-3-4-16(20)18(17)21/h3-9,11-12,23H,1-2H3,(H,24,25)/b14-11-. The SMILES string of the molecule is CC(C)c1ccc(N/C=C(/C#N)C(=O)Nc2cccc(Cl)c2Cl)cc1. The average Bonchev–Trinajstić information content (AvgIpc) is 2.60. The summed E-state index contributed by atoms with van der Waals surface area (Å²) in [5.41, 5.74) is 2.26. The van der Waals surface area contributed by atoms with Gasteiger partial charge in [0, 0.05) is 11.9 Å². The number of amides is 1. The molecule has 6 heteroatoms. The Bertz CT molecular complexity index is 837. The Morgan fingerprint density at radius 3 is 2.44 bits per heavy atom. The van der Waals surface area contributed by atoms with Crippen molar-refractivity contribution in [3.05, 3.63) is 69.8 Å². The number of nitrogens with one attached hydrogen (secondary N) is 2. The van der Waals surface area contributed by atoms with Crippen LogP contribution in [0.25, 0.3) is 0 Å². The molecule has 0 saturated carbocycles. The highest BCUT2D eigenvalue weighted by molar-refractivity contribution is 6.44. The fourth-order valence-corrected chi connectivity index (χ4v) is 2.41. The Morgan fingerprint density at radius 2 is 1.84 bits per heavy atom. The van der Waals surface area contributed by atoms with Crippen molar-refractivity contribution >= 4 is 40.5 Å². The van der Waals surface area contributed by atoms with Crippen molar-refractivity contribution in [1.29, 1.82) is 5.26 Å². The first-order chi connectivity index (χ1) is 11.9. The summed E-state index contributed by atoms with van der Waals surface area (Å²) >= 11 is 11.9. The number of rotatable bonds is 5. The molecule has 2 aromatic rings. The minimum absolute atomic E-state index is 0.0796. The smallest absolute Gasteiger partial charge is 0.267 e. The third kappa shape index (κ3) is 4.99. The monoisotopic (exact) mass is 373 g/mol. The number of halogens is 2. The van der Waals surface area contributed by atoms with Gasteiger partial charge in [-0.05, 0) is 35.7 Å². The third-order valence-electron chi connectivity index (χ3n) is 3.53. The zero-order valence-electron chi connectivity index (χ0n) is 13.8. The number of benzene rings is 2. The first kappa shape index (κ1) is 18.9. The maximum absolute atomic E-state index is 12.2. The molecule has 2 aromatic carbocycles. The Hall–Kier alpha value is -2.48. The summed E-state index contributed by atoms with van der Waals surface area (Å²) in [4.78, 5) is 12.2. The number of hydrogen-bond donors (Lipinski definition) is 2. The second kappa shape index (κ2) is 8.57. The summed E-state index contributed by atoms with van der Waals surface area (Å²) in [5, 5.41) is 15.3. The number of nitriles is 1. The lowest BCUT2D eigenvalue weighted by atomic mass is 10.0. The van der Waals surface area contributed by atoms with Gasteiger partial charge >= 0.3 is 0 Å². The quantitative estimate of drug-likeness (QED) is 0.531. The van der Waals surface area contributed by atoms with Crippen LogP contribution in [0.4, 0.5) is 11.4 Å². The zero-order chi connectivity index (χ0) is 18.4. The van der Waals surface area contributed by atoms with E-state index in [1.807, 2.05) is 30.3 Å². The van der Waals surface area contributed by atoms with Crippen molar-refractivity contribution < 1.29 is 4.79 Å². The van der Waals surface area contributed by atoms with Gasteiger partial charge in [0.1, 0.15) is 11.6 Å². The maximum atomic E-state index is 12.2. The van der Waals surface area contributed by atoms with Crippen LogP contribution in [0.15, 0.2) is 54.2 Å². The van der Waals surface area contributed by atoms with Crippen LogP contribution >= 0.6 is 23.2 Å². The van der Waals surface area contributed by atoms with Crippen LogP contribution in [0.3, 0.4) is 0 Å². The van der Waals surface area contributed by atoms with E-state index in [4.69, 9.17) is 23.2 Å². The molecule has 0 fully saturated rings. The van der Waals surface area contributed by atoms with Crippen LogP contribution in [0, 0.1) is 11.3 Å². The summed E-state index contributed by atoms with van der Waals surface area (Å²) < 4.78 is 0. The Morgan fingerprint density at radius 1 is 1.16 bits per heavy atom. The molecule has 25 heavy (non-hydrogen) atoms. The van der Waals surface area contributed by atoms with Crippen molar-refractivity contribution in [3.63, 3.8) is 0 Å². The van der Waals surface area contributed by atoms with E-state index < -0.39 is 5.91 Å². The van der Waals surface area contributed by atoms with Crippen molar-refractivity contribution in [2.75, 3.05) is 10.6 Å². The molecule has 0 aliphatic carbocycles. The molecule has 0 bridgehead atoms. The lowest BCUT2D eigenvalue weighted by molar-refractivity contribution is -0.112. The summed E-state index contributed by atoms with van der Waals surface area (Å²) in [7, 11) is 0. The fourth-order valence-electron chi connectivity index (χ4n) is 2.06. The number of carbonyl (C=O) groups excluding carboxylic acids is 1. The van der Waals surface area contributed by atoms with Gasteiger partial charge in [-0.1, -0.05) is 55.2 Å². The third-order valence-corrected chi connectivity index (χ3v) is 4.34. The van der Waals surface area contributed by atoms with Crippen molar-refractivity contribution in [1.82, 2.24) is 0 Å². The molecule has 4 nitrogen and oxygen atoms in total. The second-order valence-corrected chi connectivity index (χ2v) is 6.43. The van der Waals surface area contributed by atoms with E-state index in [1.54, 1.807) is 18.2 Å². The fraction of sp³-hybridized carbons (Fsp3) is 0.158. The van der Waals surface area contributed by atoms with E-state index in [1.165, 1.54) is 11.8 Å². The number of nitrogens with zero attached hydrogens (tertiary/aromatic N) is 1. The van der Waals surface area contributed by atoms with Gasteiger partial charge < -0.3 is 10.6 Å². The van der Waals surface area contributed by atoms with Gasteiger partial charge in [-0.2, -0.15) is 5.26 Å². The van der Waals surface area contributed by atoms with Gasteiger partial charge in [0.2, 0.25) is 0 Å². The van der Waals surface area contributed by atoms with E-state index in [0.29, 0.717) is 16.6 Å². The lowest BCUT2D eigenvalue weighted by Crippen LogP contribution is -2.14. The normalized spacial score (nSPS) is 11.1. The Labute approximate surface area is 157 Å². The molecule has 2 rings (SSSR count). The minimum atomic E-state index is -0.571. The molecule has 0 heterocycles. The van der Waals surface area contributed by atoms with E-state index in [2.05, 4.69) is 24.5 Å². The van der Waals surface area contributed by atoms with Crippen LogP contribution in [0.1, 0.15) is 25.3 Å². The second-order valence-electron chi connectivity index (χ2n) is 5.65. The highest BCUT2D eigenvalue weighted by Crippen LogP contribution is 2.29. The van der Waals surface area contributed by atoms with Crippen LogP contribution in [-0.4, -0.2) is 5.91 Å². The van der Waals surface area contributed by atoms with Gasteiger partial charge in [0.25, 0.3) is 5.91 Å². The lowest BCUT2D eigenvalue weighted by Gasteiger charge is -2.09. The topological polar surface area (TPSA) is 64.9 Å². The van der Waals surface area contributed by atoms with Crippen molar-refractivity contribution in [2.45, 2.75) is 19.8 Å². The molecular weight excluding hydrogens is 357 g/mol. The maximum Gasteiger partial charge on any atom is 0.267 e. The first-order valence-electron chi connectivity index (χ1n) is 7.64. The molecule has 0 aromatic heterocycles. The summed E-state index contributed by atoms with van der Waals surface area (Å²) in [6.45, 7) is 4.23. The summed E-state index contributed by atoms with van der Waals surface area (Å²) in [6, 6.07) is 14.5. The molecule has 0 saturated heterocycles. The van der Waals surface area contributed by atoms with E-state index in [9.17, 15) is 10.1 Å². The predicted molar refractivity (Wildman–Crippen MR) is 103 cm³/mol. The number of anilines is 2. The van der Waals surface area contributed by atoms with Crippen LogP contribution in [0.5, 0.6) is 0 Å². The molecule has 0 spiro atoms. The highest BCUT2D eigenvalue weighted by atomic mass is 35.5. The van der Waals surface area contributed by atoms with Gasteiger partial charge in [-0.15, -0.1) is 0 Å². The molecule has 1 amide bonds. The van der Waals surface area contributed by atoms with Gasteiger partial charge in [0.05, 0.1) is 15.7 Å². The molecule has 0 atom stereocenters. The summed E-state index contributed by atoms with van der Waals surface area (Å²) in [6.07, 6.45) is 1.36. The van der Waals surface area contributed by atoms with Crippen molar-refractivity contribution in [2.24, 2.45) is 0 Å². The van der Waals surface area contributed by atoms with E-state index >= 15 is 0 Å².